The molecule has 20 heavy (non-hydrogen) atoms. The van der Waals surface area contributed by atoms with Gasteiger partial charge in [0.05, 0.1) is 0 Å². The van der Waals surface area contributed by atoms with Gasteiger partial charge >= 0.3 is 0 Å². The van der Waals surface area contributed by atoms with Crippen molar-refractivity contribution in [3.63, 3.8) is 0 Å². The predicted octanol–water partition coefficient (Wildman–Crippen LogP) is 1.82. The average Bonchev–Trinajstić information content (AvgIpc) is 3.14. The third-order valence-electron chi connectivity index (χ3n) is 3.30. The summed E-state index contributed by atoms with van der Waals surface area (Å²) >= 11 is 0. The zero-order valence-electron chi connectivity index (χ0n) is 10.3. The predicted molar refractivity (Wildman–Crippen MR) is 73.4 cm³/mol. The van der Waals surface area contributed by atoms with Gasteiger partial charge in [-0.3, -0.25) is 0 Å². The van der Waals surface area contributed by atoms with Gasteiger partial charge in [-0.05, 0) is 17.4 Å². The Hall–Kier alpha value is -3.02. The van der Waals surface area contributed by atoms with E-state index in [1.54, 1.807) is 6.20 Å². The molecule has 6 heteroatoms. The maximum atomic E-state index is 5.73. The largest absolute Gasteiger partial charge is 0.443 e. The van der Waals surface area contributed by atoms with E-state index in [1.807, 2.05) is 30.3 Å². The maximum absolute atomic E-state index is 5.73. The minimum atomic E-state index is 0.708. The van der Waals surface area contributed by atoms with Crippen molar-refractivity contribution in [2.75, 3.05) is 0 Å². The van der Waals surface area contributed by atoms with Crippen LogP contribution in [-0.4, -0.2) is 4.98 Å². The van der Waals surface area contributed by atoms with E-state index in [0.29, 0.717) is 5.69 Å². The Labute approximate surface area is 113 Å². The quantitative estimate of drug-likeness (QED) is 0.726. The number of aromatic nitrogens is 1. The van der Waals surface area contributed by atoms with Gasteiger partial charge in [0.15, 0.2) is 12.0 Å². The van der Waals surface area contributed by atoms with Crippen molar-refractivity contribution < 1.29 is 4.42 Å². The summed E-state index contributed by atoms with van der Waals surface area (Å²) in [5.41, 5.74) is 9.70. The fraction of sp³-hybridized carbons (Fsp3) is 0. The first kappa shape index (κ1) is 10.9. The van der Waals surface area contributed by atoms with Gasteiger partial charge in [0.1, 0.15) is 16.6 Å². The van der Waals surface area contributed by atoms with E-state index in [0.717, 1.165) is 32.8 Å². The second-order valence-corrected chi connectivity index (χ2v) is 4.36. The Bertz CT molecular complexity index is 971. The number of nitrogens with zero attached hydrogens (tertiary/aromatic N) is 4. The minimum Gasteiger partial charge on any atom is -0.443 e. The fourth-order valence-electron chi connectivity index (χ4n) is 2.40. The highest BCUT2D eigenvalue weighted by Gasteiger charge is 2.16. The molecule has 3 aromatic rings. The summed E-state index contributed by atoms with van der Waals surface area (Å²) in [5.74, 6) is 0. The van der Waals surface area contributed by atoms with Gasteiger partial charge < -0.3 is 10.2 Å². The molecule has 0 radical (unpaired) electrons. The standard InChI is InChI=1S/C14H9N5O/c15-6-8-4-5-10-14(18-19-17-10)12(8)9-2-1-3-11-13(9)16-7-20-11/h1-7H,15H2. The monoisotopic (exact) mass is 263 g/mol. The van der Waals surface area contributed by atoms with Crippen molar-refractivity contribution in [3.05, 3.63) is 47.3 Å². The molecule has 6 nitrogen and oxygen atoms in total. The molecule has 96 valence electrons. The first-order valence-corrected chi connectivity index (χ1v) is 6.05. The van der Waals surface area contributed by atoms with Gasteiger partial charge in [0.25, 0.3) is 0 Å². The van der Waals surface area contributed by atoms with Crippen LogP contribution in [0.5, 0.6) is 0 Å². The average molecular weight is 263 g/mol. The highest BCUT2D eigenvalue weighted by Crippen LogP contribution is 2.31. The third-order valence-corrected chi connectivity index (χ3v) is 3.30. The SMILES string of the molecule is NC=c1ccc2c(c1-c1cccc3ocnc13)N=NN=2. The summed E-state index contributed by atoms with van der Waals surface area (Å²) in [6.45, 7) is 0. The molecule has 2 aromatic carbocycles. The van der Waals surface area contributed by atoms with Crippen LogP contribution in [-0.2, 0) is 0 Å². The lowest BCUT2D eigenvalue weighted by Crippen LogP contribution is -2.14. The molecule has 4 rings (SSSR count). The molecular weight excluding hydrogens is 254 g/mol. The highest BCUT2D eigenvalue weighted by atomic mass is 16.3. The van der Waals surface area contributed by atoms with Crippen LogP contribution in [0.15, 0.2) is 56.6 Å². The highest BCUT2D eigenvalue weighted by molar-refractivity contribution is 5.94. The molecule has 2 heterocycles. The molecule has 0 saturated heterocycles. The van der Waals surface area contributed by atoms with Crippen LogP contribution in [0.2, 0.25) is 0 Å². The molecule has 1 aliphatic rings. The summed E-state index contributed by atoms with van der Waals surface area (Å²) in [6, 6.07) is 9.48. The lowest BCUT2D eigenvalue weighted by atomic mass is 10.00. The third kappa shape index (κ3) is 1.38. The van der Waals surface area contributed by atoms with Crippen molar-refractivity contribution >= 4 is 23.0 Å². The minimum absolute atomic E-state index is 0.708. The van der Waals surface area contributed by atoms with Crippen LogP contribution in [0, 0.1) is 0 Å². The molecule has 0 spiro atoms. The summed E-state index contributed by atoms with van der Waals surface area (Å²) in [4.78, 5) is 4.27. The summed E-state index contributed by atoms with van der Waals surface area (Å²) in [6.07, 6.45) is 2.97. The smallest absolute Gasteiger partial charge is 0.182 e. The van der Waals surface area contributed by atoms with Gasteiger partial charge in [-0.2, -0.15) is 0 Å². The van der Waals surface area contributed by atoms with Crippen LogP contribution >= 0.6 is 0 Å². The number of oxazole rings is 1. The van der Waals surface area contributed by atoms with E-state index in [4.69, 9.17) is 10.2 Å². The Balaban J connectivity index is 2.19. The van der Waals surface area contributed by atoms with E-state index < -0.39 is 0 Å². The molecular formula is C14H9N5O. The van der Waals surface area contributed by atoms with Crippen LogP contribution in [0.1, 0.15) is 0 Å². The van der Waals surface area contributed by atoms with Crippen LogP contribution in [0.4, 0.5) is 5.69 Å². The first-order chi connectivity index (χ1) is 9.88. The Morgan fingerprint density at radius 1 is 1.15 bits per heavy atom. The van der Waals surface area contributed by atoms with Gasteiger partial charge in [-0.1, -0.05) is 18.2 Å². The first-order valence-electron chi connectivity index (χ1n) is 6.05. The summed E-state index contributed by atoms with van der Waals surface area (Å²) < 4.78 is 5.34. The molecule has 0 unspecified atom stereocenters. The fourth-order valence-corrected chi connectivity index (χ4v) is 2.40. The van der Waals surface area contributed by atoms with Gasteiger partial charge in [0.2, 0.25) is 0 Å². The summed E-state index contributed by atoms with van der Waals surface area (Å²) in [5, 5.41) is 13.4. The second kappa shape index (κ2) is 3.99. The van der Waals surface area contributed by atoms with E-state index in [9.17, 15) is 0 Å². The molecule has 0 bridgehead atoms. The molecule has 0 atom stereocenters. The lowest BCUT2D eigenvalue weighted by Gasteiger charge is -2.05. The number of rotatable bonds is 1. The number of benzene rings is 2. The normalized spacial score (nSPS) is 13.7. The summed E-state index contributed by atoms with van der Waals surface area (Å²) in [7, 11) is 0. The number of fused-ring (bicyclic) bond motifs is 2. The Morgan fingerprint density at radius 3 is 3.00 bits per heavy atom. The number of hydrogen-bond donors (Lipinski definition) is 1. The molecule has 0 aliphatic carbocycles. The van der Waals surface area contributed by atoms with E-state index >= 15 is 0 Å². The molecule has 0 saturated carbocycles. The van der Waals surface area contributed by atoms with Crippen molar-refractivity contribution in [2.24, 2.45) is 21.2 Å². The number of para-hydroxylation sites is 1. The van der Waals surface area contributed by atoms with E-state index in [2.05, 4.69) is 20.4 Å². The van der Waals surface area contributed by atoms with Crippen LogP contribution < -0.4 is 16.3 Å². The Kier molecular flexibility index (Phi) is 2.17. The number of nitrogens with two attached hydrogens (primary N) is 1. The van der Waals surface area contributed by atoms with Gasteiger partial charge in [0, 0.05) is 22.5 Å². The van der Waals surface area contributed by atoms with Crippen molar-refractivity contribution in [2.45, 2.75) is 0 Å². The van der Waals surface area contributed by atoms with Crippen LogP contribution in [0.3, 0.4) is 0 Å². The molecule has 1 aliphatic heterocycles. The van der Waals surface area contributed by atoms with Gasteiger partial charge in [-0.15, -0.1) is 10.2 Å². The molecule has 1 aromatic heterocycles. The molecule has 2 N–H and O–H groups in total. The maximum Gasteiger partial charge on any atom is 0.182 e. The van der Waals surface area contributed by atoms with E-state index in [-0.39, 0.29) is 0 Å². The van der Waals surface area contributed by atoms with Crippen molar-refractivity contribution in [1.29, 1.82) is 0 Å². The van der Waals surface area contributed by atoms with Gasteiger partial charge in [-0.25, -0.2) is 4.98 Å². The van der Waals surface area contributed by atoms with Crippen molar-refractivity contribution in [1.82, 2.24) is 4.98 Å². The molecule has 0 amide bonds. The topological polar surface area (TPSA) is 89.1 Å². The zero-order valence-corrected chi connectivity index (χ0v) is 10.3. The molecule has 0 fully saturated rings. The lowest BCUT2D eigenvalue weighted by molar-refractivity contribution is 0.602. The van der Waals surface area contributed by atoms with Crippen molar-refractivity contribution in [3.8, 4) is 11.1 Å². The zero-order chi connectivity index (χ0) is 13.5. The van der Waals surface area contributed by atoms with E-state index in [1.165, 1.54) is 6.39 Å². The second-order valence-electron chi connectivity index (χ2n) is 4.36. The van der Waals surface area contributed by atoms with Crippen LogP contribution in [0.25, 0.3) is 28.4 Å². The number of hydrogen-bond acceptors (Lipinski definition) is 6. The Morgan fingerprint density at radius 2 is 2.10 bits per heavy atom.